The minimum absolute atomic E-state index is 0.214. The topological polar surface area (TPSA) is 46.5 Å². The maximum atomic E-state index is 12.5. The summed E-state index contributed by atoms with van der Waals surface area (Å²) in [5.41, 5.74) is 2.26. The van der Waals surface area contributed by atoms with Crippen molar-refractivity contribution in [1.82, 2.24) is 0 Å². The van der Waals surface area contributed by atoms with Crippen LogP contribution < -0.4 is 4.74 Å². The molecule has 0 aliphatic heterocycles. The summed E-state index contributed by atoms with van der Waals surface area (Å²) < 4.78 is 6.06. The summed E-state index contributed by atoms with van der Waals surface area (Å²) in [7, 11) is 0. The predicted octanol–water partition coefficient (Wildman–Crippen LogP) is 12.2. The molecule has 0 saturated carbocycles. The second-order valence-electron chi connectivity index (χ2n) is 14.1. The molecule has 0 aliphatic carbocycles. The van der Waals surface area contributed by atoms with Gasteiger partial charge in [-0.25, -0.2) is 0 Å². The van der Waals surface area contributed by atoms with Crippen molar-refractivity contribution >= 4 is 17.7 Å². The smallest absolute Gasteiger partial charge is 0.310 e. The van der Waals surface area contributed by atoms with E-state index in [1.807, 2.05) is 6.92 Å². The van der Waals surface area contributed by atoms with E-state index in [9.17, 15) is 9.90 Å². The lowest BCUT2D eigenvalue weighted by molar-refractivity contribution is -0.134. The lowest BCUT2D eigenvalue weighted by Gasteiger charge is -2.33. The Bertz CT molecular complexity index is 876. The lowest BCUT2D eigenvalue weighted by atomic mass is 9.76. The Balaban J connectivity index is 2.64. The van der Waals surface area contributed by atoms with Crippen molar-refractivity contribution in [3.05, 3.63) is 16.7 Å². The van der Waals surface area contributed by atoms with Gasteiger partial charge in [-0.1, -0.05) is 159 Å². The van der Waals surface area contributed by atoms with E-state index in [-0.39, 0.29) is 16.8 Å². The molecule has 1 aromatic carbocycles. The first-order valence-corrected chi connectivity index (χ1v) is 18.1. The molecule has 0 amide bonds. The van der Waals surface area contributed by atoms with E-state index in [4.69, 9.17) is 4.74 Å². The number of phenols is 1. The van der Waals surface area contributed by atoms with E-state index >= 15 is 0 Å². The molecule has 1 N–H and O–H groups in total. The summed E-state index contributed by atoms with van der Waals surface area (Å²) in [6.07, 6.45) is 22.9. The van der Waals surface area contributed by atoms with Gasteiger partial charge in [0.05, 0.1) is 4.90 Å². The van der Waals surface area contributed by atoms with Crippen molar-refractivity contribution in [1.29, 1.82) is 0 Å². The molecule has 1 aromatic rings. The molecule has 1 rings (SSSR count). The number of aromatic hydroxyl groups is 1. The Morgan fingerprint density at radius 1 is 0.659 bits per heavy atom. The molecule has 0 fully saturated rings. The molecule has 0 radical (unpaired) electrons. The molecule has 0 spiro atoms. The van der Waals surface area contributed by atoms with E-state index in [2.05, 4.69) is 55.4 Å². The van der Waals surface area contributed by atoms with Crippen LogP contribution in [-0.4, -0.2) is 16.8 Å². The van der Waals surface area contributed by atoms with Crippen LogP contribution in [0.2, 0.25) is 0 Å². The third-order valence-electron chi connectivity index (χ3n) is 8.09. The standard InChI is InChI=1S/C37H66O3S/c1-10-13-14-15-16-17-18-19-20-21-22-23-24-25-26-27-28-41-35-32(37(7,8)9)33(39)31(36(4,5)6)29(11-2)34(35)40-30(38)12-3/h39H,10-28H2,1-9H3. The normalized spacial score (nSPS) is 12.2. The second kappa shape index (κ2) is 19.9. The number of thioether (sulfide) groups is 1. The molecule has 41 heavy (non-hydrogen) atoms. The summed E-state index contributed by atoms with van der Waals surface area (Å²) in [4.78, 5) is 13.5. The van der Waals surface area contributed by atoms with Crippen molar-refractivity contribution in [2.45, 2.75) is 194 Å². The number of hydrogen-bond acceptors (Lipinski definition) is 4. The van der Waals surface area contributed by atoms with Gasteiger partial charge in [0.2, 0.25) is 0 Å². The number of hydrogen-bond donors (Lipinski definition) is 1. The van der Waals surface area contributed by atoms with Crippen LogP contribution in [0.1, 0.15) is 188 Å². The van der Waals surface area contributed by atoms with Crippen molar-refractivity contribution in [2.75, 3.05) is 5.75 Å². The Morgan fingerprint density at radius 2 is 1.07 bits per heavy atom. The Hall–Kier alpha value is -1.16. The number of rotatable bonds is 21. The van der Waals surface area contributed by atoms with Gasteiger partial charge in [-0.2, -0.15) is 0 Å². The van der Waals surface area contributed by atoms with Crippen molar-refractivity contribution in [3.8, 4) is 11.5 Å². The van der Waals surface area contributed by atoms with Crippen LogP contribution in [0.5, 0.6) is 11.5 Å². The van der Waals surface area contributed by atoms with Gasteiger partial charge in [0, 0.05) is 23.1 Å². The highest BCUT2D eigenvalue weighted by Crippen LogP contribution is 2.52. The molecule has 0 unspecified atom stereocenters. The zero-order valence-electron chi connectivity index (χ0n) is 28.6. The molecule has 4 heteroatoms. The van der Waals surface area contributed by atoms with Crippen LogP contribution in [0, 0.1) is 0 Å². The van der Waals surface area contributed by atoms with Crippen molar-refractivity contribution < 1.29 is 14.6 Å². The average molecular weight is 591 g/mol. The minimum atomic E-state index is -0.277. The first-order valence-electron chi connectivity index (χ1n) is 17.2. The molecular weight excluding hydrogens is 524 g/mol. The molecule has 0 heterocycles. The predicted molar refractivity (Wildman–Crippen MR) is 181 cm³/mol. The van der Waals surface area contributed by atoms with Gasteiger partial charge in [0.1, 0.15) is 11.5 Å². The summed E-state index contributed by atoms with van der Waals surface area (Å²) >= 11 is 1.77. The van der Waals surface area contributed by atoms with E-state index < -0.39 is 0 Å². The second-order valence-corrected chi connectivity index (χ2v) is 15.2. The molecule has 238 valence electrons. The maximum absolute atomic E-state index is 12.5. The van der Waals surface area contributed by atoms with E-state index in [1.165, 1.54) is 96.3 Å². The number of phenolic OH excluding ortho intramolecular Hbond substituents is 1. The number of ether oxygens (including phenoxy) is 1. The summed E-state index contributed by atoms with van der Waals surface area (Å²) in [5, 5.41) is 11.7. The first-order chi connectivity index (χ1) is 19.4. The Kier molecular flexibility index (Phi) is 18.4. The van der Waals surface area contributed by atoms with E-state index in [1.54, 1.807) is 11.8 Å². The Labute approximate surface area is 259 Å². The van der Waals surface area contributed by atoms with Crippen molar-refractivity contribution in [2.24, 2.45) is 0 Å². The fraction of sp³-hybridized carbons (Fsp3) is 0.811. The highest BCUT2D eigenvalue weighted by Gasteiger charge is 2.35. The highest BCUT2D eigenvalue weighted by molar-refractivity contribution is 7.99. The fourth-order valence-electron chi connectivity index (χ4n) is 5.84. The SMILES string of the molecule is CCCCCCCCCCCCCCCCCCSc1c(OC(=O)CC)c(CC)c(C(C)(C)C)c(O)c1C(C)(C)C. The lowest BCUT2D eigenvalue weighted by Crippen LogP contribution is -2.22. The number of carbonyl (C=O) groups excluding carboxylic acids is 1. The number of carbonyl (C=O) groups is 1. The third-order valence-corrected chi connectivity index (χ3v) is 9.26. The average Bonchev–Trinajstić information content (AvgIpc) is 2.89. The molecular formula is C37H66O3S. The van der Waals surface area contributed by atoms with E-state index in [0.29, 0.717) is 24.3 Å². The molecule has 0 atom stereocenters. The molecule has 0 aromatic heterocycles. The van der Waals surface area contributed by atoms with Crippen LogP contribution in [0.15, 0.2) is 4.90 Å². The van der Waals surface area contributed by atoms with Gasteiger partial charge in [0.15, 0.2) is 0 Å². The molecule has 0 bridgehead atoms. The van der Waals surface area contributed by atoms with Crippen LogP contribution in [0.25, 0.3) is 0 Å². The highest BCUT2D eigenvalue weighted by atomic mass is 32.2. The van der Waals surface area contributed by atoms with Gasteiger partial charge >= 0.3 is 5.97 Å². The maximum Gasteiger partial charge on any atom is 0.310 e. The van der Waals surface area contributed by atoms with Gasteiger partial charge < -0.3 is 9.84 Å². The van der Waals surface area contributed by atoms with Crippen LogP contribution in [0.3, 0.4) is 0 Å². The van der Waals surface area contributed by atoms with Crippen molar-refractivity contribution in [3.63, 3.8) is 0 Å². The van der Waals surface area contributed by atoms with Crippen LogP contribution >= 0.6 is 11.8 Å². The third kappa shape index (κ3) is 13.8. The van der Waals surface area contributed by atoms with Gasteiger partial charge in [0.25, 0.3) is 0 Å². The largest absolute Gasteiger partial charge is 0.507 e. The summed E-state index contributed by atoms with van der Waals surface area (Å²) in [6.45, 7) is 19.0. The molecule has 0 aliphatic rings. The minimum Gasteiger partial charge on any atom is -0.507 e. The van der Waals surface area contributed by atoms with E-state index in [0.717, 1.165) is 33.8 Å². The zero-order valence-corrected chi connectivity index (χ0v) is 29.4. The van der Waals surface area contributed by atoms with Gasteiger partial charge in [-0.15, -0.1) is 11.8 Å². The number of benzene rings is 1. The quantitative estimate of drug-likeness (QED) is 0.0669. The zero-order chi connectivity index (χ0) is 30.9. The Morgan fingerprint density at radius 3 is 1.44 bits per heavy atom. The number of esters is 1. The summed E-state index contributed by atoms with van der Waals surface area (Å²) in [5.74, 6) is 1.82. The number of unbranched alkanes of at least 4 members (excludes halogenated alkanes) is 15. The monoisotopic (exact) mass is 590 g/mol. The van der Waals surface area contributed by atoms with Gasteiger partial charge in [-0.3, -0.25) is 4.79 Å². The molecule has 0 saturated heterocycles. The van der Waals surface area contributed by atoms with Crippen LogP contribution in [-0.2, 0) is 22.0 Å². The van der Waals surface area contributed by atoms with Gasteiger partial charge in [-0.05, 0) is 29.4 Å². The summed E-state index contributed by atoms with van der Waals surface area (Å²) in [6, 6.07) is 0. The first kappa shape index (κ1) is 37.9. The molecule has 3 nitrogen and oxygen atoms in total. The fourth-order valence-corrected chi connectivity index (χ4v) is 7.23. The van der Waals surface area contributed by atoms with Crippen LogP contribution in [0.4, 0.5) is 0 Å².